The highest BCUT2D eigenvalue weighted by Gasteiger charge is 2.36. The van der Waals surface area contributed by atoms with Crippen molar-refractivity contribution in [1.29, 1.82) is 0 Å². The van der Waals surface area contributed by atoms with Crippen molar-refractivity contribution in [2.75, 3.05) is 19.8 Å². The fourth-order valence-corrected chi connectivity index (χ4v) is 3.16. The van der Waals surface area contributed by atoms with E-state index in [-0.39, 0.29) is 49.1 Å². The number of amides is 3. The van der Waals surface area contributed by atoms with Gasteiger partial charge in [0, 0.05) is 13.0 Å². The summed E-state index contributed by atoms with van der Waals surface area (Å²) < 4.78 is 20.9. The lowest BCUT2D eigenvalue weighted by molar-refractivity contribution is -0.143. The van der Waals surface area contributed by atoms with Crippen LogP contribution in [-0.2, 0) is 19.1 Å². The van der Waals surface area contributed by atoms with Crippen LogP contribution < -0.4 is 16.0 Å². The Morgan fingerprint density at radius 1 is 1.18 bits per heavy atom. The number of ether oxygens (including phenoxy) is 2. The smallest absolute Gasteiger partial charge is 0.338 e. The van der Waals surface area contributed by atoms with E-state index in [0.717, 1.165) is 0 Å². The minimum absolute atomic E-state index is 0.0213. The summed E-state index contributed by atoms with van der Waals surface area (Å²) in [5.74, 6) is -0.477. The van der Waals surface area contributed by atoms with Gasteiger partial charge in [-0.3, -0.25) is 9.59 Å². The molecule has 0 bridgehead atoms. The van der Waals surface area contributed by atoms with Crippen LogP contribution in [0.5, 0.6) is 0 Å². The van der Waals surface area contributed by atoms with Gasteiger partial charge in [-0.1, -0.05) is 0 Å². The Labute approximate surface area is 189 Å². The lowest BCUT2D eigenvalue weighted by atomic mass is 10.0. The average Bonchev–Trinajstić information content (AvgIpc) is 3.47. The Morgan fingerprint density at radius 2 is 2.00 bits per heavy atom. The number of rotatable bonds is 10. The zero-order chi connectivity index (χ0) is 23.8. The van der Waals surface area contributed by atoms with Crippen molar-refractivity contribution >= 4 is 23.9 Å². The highest BCUT2D eigenvalue weighted by atomic mass is 16.5. The molecule has 3 amide bonds. The molecule has 3 rings (SSSR count). The largest absolute Gasteiger partial charge is 0.464 e. The third-order valence-corrected chi connectivity index (χ3v) is 4.66. The van der Waals surface area contributed by atoms with E-state index >= 15 is 0 Å². The summed E-state index contributed by atoms with van der Waals surface area (Å²) in [5.41, 5.74) is 0.194. The van der Waals surface area contributed by atoms with Gasteiger partial charge in [-0.25, -0.2) is 9.59 Å². The molecule has 0 spiro atoms. The summed E-state index contributed by atoms with van der Waals surface area (Å²) in [6, 6.07) is 5.01. The highest BCUT2D eigenvalue weighted by molar-refractivity contribution is 5.95. The van der Waals surface area contributed by atoms with E-state index in [2.05, 4.69) is 16.0 Å². The molecule has 3 heterocycles. The minimum atomic E-state index is -0.892. The second kappa shape index (κ2) is 11.0. The standard InChI is InChI=1S/C22H25N3O8/c1-3-30-21(28)18-14(24-22(29)25-19(18)15-9-8-13(2)33-15)12-32-17(26)7-4-10-23-20(27)16-6-5-11-31-16/h5-6,8-9,11,19H,3-4,7,10,12H2,1-2H3,(H,23,27)(H2,24,25,29)/t19-/m1/s1. The Morgan fingerprint density at radius 3 is 2.67 bits per heavy atom. The Balaban J connectivity index is 1.60. The molecule has 11 heteroatoms. The quantitative estimate of drug-likeness (QED) is 0.361. The molecule has 0 aliphatic carbocycles. The van der Waals surface area contributed by atoms with Crippen LogP contribution in [0.15, 0.2) is 50.6 Å². The molecule has 11 nitrogen and oxygen atoms in total. The van der Waals surface area contributed by atoms with Crippen LogP contribution in [-0.4, -0.2) is 43.6 Å². The van der Waals surface area contributed by atoms with Crippen molar-refractivity contribution in [3.8, 4) is 0 Å². The zero-order valence-corrected chi connectivity index (χ0v) is 18.3. The van der Waals surface area contributed by atoms with Crippen molar-refractivity contribution < 1.29 is 37.5 Å². The van der Waals surface area contributed by atoms with Crippen LogP contribution >= 0.6 is 0 Å². The van der Waals surface area contributed by atoms with Gasteiger partial charge in [0.2, 0.25) is 0 Å². The predicted octanol–water partition coefficient (Wildman–Crippen LogP) is 2.11. The monoisotopic (exact) mass is 459 g/mol. The van der Waals surface area contributed by atoms with Crippen LogP contribution in [0, 0.1) is 6.92 Å². The number of nitrogens with one attached hydrogen (secondary N) is 3. The van der Waals surface area contributed by atoms with Gasteiger partial charge >= 0.3 is 18.0 Å². The fraction of sp³-hybridized carbons (Fsp3) is 0.364. The topological polar surface area (TPSA) is 149 Å². The molecular weight excluding hydrogens is 434 g/mol. The summed E-state index contributed by atoms with van der Waals surface area (Å²) in [4.78, 5) is 48.7. The van der Waals surface area contributed by atoms with Gasteiger partial charge in [0.15, 0.2) is 5.76 Å². The SMILES string of the molecule is CCOC(=O)C1=C(COC(=O)CCCNC(=O)c2ccco2)NC(=O)N[C@@H]1c1ccc(C)o1. The van der Waals surface area contributed by atoms with E-state index in [4.69, 9.17) is 18.3 Å². The molecule has 33 heavy (non-hydrogen) atoms. The normalized spacial score (nSPS) is 15.5. The van der Waals surface area contributed by atoms with E-state index < -0.39 is 24.0 Å². The van der Waals surface area contributed by atoms with Crippen molar-refractivity contribution in [1.82, 2.24) is 16.0 Å². The first-order chi connectivity index (χ1) is 15.9. The van der Waals surface area contributed by atoms with Crippen molar-refractivity contribution in [2.24, 2.45) is 0 Å². The van der Waals surface area contributed by atoms with Crippen molar-refractivity contribution in [3.63, 3.8) is 0 Å². The molecule has 1 aliphatic heterocycles. The van der Waals surface area contributed by atoms with Gasteiger partial charge in [-0.05, 0) is 44.5 Å². The van der Waals surface area contributed by atoms with Gasteiger partial charge < -0.3 is 34.3 Å². The molecule has 0 aromatic carbocycles. The van der Waals surface area contributed by atoms with Crippen molar-refractivity contribution in [2.45, 2.75) is 32.7 Å². The summed E-state index contributed by atoms with van der Waals surface area (Å²) in [5, 5.41) is 7.76. The average molecular weight is 459 g/mol. The second-order valence-corrected chi connectivity index (χ2v) is 7.09. The number of furan rings is 2. The Hall–Kier alpha value is -4.02. The number of aryl methyl sites for hydroxylation is 1. The lowest BCUT2D eigenvalue weighted by Gasteiger charge is -2.27. The van der Waals surface area contributed by atoms with E-state index in [0.29, 0.717) is 17.9 Å². The Bertz CT molecular complexity index is 1040. The third-order valence-electron chi connectivity index (χ3n) is 4.66. The first kappa shape index (κ1) is 23.6. The molecular formula is C22H25N3O8. The van der Waals surface area contributed by atoms with Crippen molar-refractivity contribution in [3.05, 3.63) is 59.1 Å². The van der Waals surface area contributed by atoms with Crippen LogP contribution in [0.2, 0.25) is 0 Å². The Kier molecular flexibility index (Phi) is 7.90. The third kappa shape index (κ3) is 6.25. The molecule has 0 saturated carbocycles. The van der Waals surface area contributed by atoms with E-state index in [9.17, 15) is 19.2 Å². The maximum atomic E-state index is 12.6. The van der Waals surface area contributed by atoms with Crippen LogP contribution in [0.3, 0.4) is 0 Å². The number of carbonyl (C=O) groups excluding carboxylic acids is 4. The molecule has 1 aliphatic rings. The van der Waals surface area contributed by atoms with E-state index in [1.165, 1.54) is 12.3 Å². The molecule has 3 N–H and O–H groups in total. The number of urea groups is 1. The van der Waals surface area contributed by atoms with Gasteiger partial charge in [0.05, 0.1) is 24.1 Å². The summed E-state index contributed by atoms with van der Waals surface area (Å²) >= 11 is 0. The van der Waals surface area contributed by atoms with E-state index in [1.807, 2.05) is 0 Å². The molecule has 1 atom stereocenters. The predicted molar refractivity (Wildman–Crippen MR) is 113 cm³/mol. The first-order valence-corrected chi connectivity index (χ1v) is 10.4. The number of hydrogen-bond acceptors (Lipinski definition) is 8. The van der Waals surface area contributed by atoms with Gasteiger partial charge in [0.25, 0.3) is 5.91 Å². The molecule has 2 aromatic heterocycles. The van der Waals surface area contributed by atoms with Crippen LogP contribution in [0.1, 0.15) is 47.9 Å². The highest BCUT2D eigenvalue weighted by Crippen LogP contribution is 2.29. The van der Waals surface area contributed by atoms with Gasteiger partial charge in [0.1, 0.15) is 24.2 Å². The summed E-state index contributed by atoms with van der Waals surface area (Å²) in [6.07, 6.45) is 1.74. The zero-order valence-electron chi connectivity index (χ0n) is 18.3. The molecule has 176 valence electrons. The van der Waals surface area contributed by atoms with Crippen LogP contribution in [0.4, 0.5) is 4.79 Å². The number of carbonyl (C=O) groups is 4. The second-order valence-electron chi connectivity index (χ2n) is 7.09. The van der Waals surface area contributed by atoms with Crippen LogP contribution in [0.25, 0.3) is 0 Å². The fourth-order valence-electron chi connectivity index (χ4n) is 3.16. The van der Waals surface area contributed by atoms with Gasteiger partial charge in [-0.15, -0.1) is 0 Å². The van der Waals surface area contributed by atoms with Gasteiger partial charge in [-0.2, -0.15) is 0 Å². The maximum absolute atomic E-state index is 12.6. The molecule has 0 radical (unpaired) electrons. The number of hydrogen-bond donors (Lipinski definition) is 3. The molecule has 2 aromatic rings. The molecule has 0 saturated heterocycles. The maximum Gasteiger partial charge on any atom is 0.338 e. The summed E-state index contributed by atoms with van der Waals surface area (Å²) in [7, 11) is 0. The van der Waals surface area contributed by atoms with E-state index in [1.54, 1.807) is 32.0 Å². The molecule has 0 unspecified atom stereocenters. The minimum Gasteiger partial charge on any atom is -0.464 e. The number of esters is 2. The molecule has 0 fully saturated rings. The first-order valence-electron chi connectivity index (χ1n) is 10.4. The summed E-state index contributed by atoms with van der Waals surface area (Å²) in [6.45, 7) is 3.42. The lowest BCUT2D eigenvalue weighted by Crippen LogP contribution is -2.47.